The highest BCUT2D eigenvalue weighted by atomic mass is 32.2. The lowest BCUT2D eigenvalue weighted by Gasteiger charge is -2.16. The Bertz CT molecular complexity index is 1130. The highest BCUT2D eigenvalue weighted by Crippen LogP contribution is 2.45. The van der Waals surface area contributed by atoms with Crippen LogP contribution in [0.15, 0.2) is 24.4 Å². The molecule has 1 aliphatic carbocycles. The smallest absolute Gasteiger partial charge is 0.301 e. The second kappa shape index (κ2) is 6.18. The molecule has 3 aromatic rings. The lowest BCUT2D eigenvalue weighted by atomic mass is 9.95. The molecule has 1 saturated carbocycles. The Labute approximate surface area is 155 Å². The number of fused-ring (bicyclic) bond motifs is 1. The molecule has 4 rings (SSSR count). The summed E-state index contributed by atoms with van der Waals surface area (Å²) in [6.45, 7) is 1.44. The van der Waals surface area contributed by atoms with Crippen molar-refractivity contribution in [1.82, 2.24) is 15.2 Å². The molecule has 0 aliphatic heterocycles. The van der Waals surface area contributed by atoms with Crippen molar-refractivity contribution >= 4 is 22.0 Å². The number of hydrogen-bond acceptors (Lipinski definition) is 4. The number of H-pyrrole nitrogens is 1. The van der Waals surface area contributed by atoms with Crippen molar-refractivity contribution in [1.29, 1.82) is 5.26 Å². The largest absolute Gasteiger partial charge is 0.370 e. The minimum Gasteiger partial charge on any atom is -0.301 e. The molecule has 1 fully saturated rings. The number of benzene rings is 1. The van der Waals surface area contributed by atoms with Crippen molar-refractivity contribution in [3.8, 4) is 17.2 Å². The number of nitrogens with zero attached hydrogens (tertiary/aromatic N) is 3. The third-order valence-corrected chi connectivity index (χ3v) is 5.42. The molecule has 1 aliphatic rings. The number of halogens is 2. The zero-order chi connectivity index (χ0) is 19.3. The Morgan fingerprint density at radius 2 is 2.15 bits per heavy atom. The van der Waals surface area contributed by atoms with E-state index in [2.05, 4.69) is 21.3 Å². The van der Waals surface area contributed by atoms with Crippen molar-refractivity contribution in [3.05, 3.63) is 46.9 Å². The van der Waals surface area contributed by atoms with Gasteiger partial charge in [0.2, 0.25) is 11.1 Å². The van der Waals surface area contributed by atoms with E-state index in [0.29, 0.717) is 22.6 Å². The topological polar surface area (TPSA) is 103 Å². The fourth-order valence-electron chi connectivity index (χ4n) is 3.31. The first kappa shape index (κ1) is 17.7. The van der Waals surface area contributed by atoms with Crippen LogP contribution in [-0.4, -0.2) is 23.9 Å². The van der Waals surface area contributed by atoms with Gasteiger partial charge in [-0.25, -0.2) is 9.19 Å². The van der Waals surface area contributed by atoms with Gasteiger partial charge in [0, 0.05) is 28.1 Å². The SMILES string of the molecule is Cc1cc(-c2c(C#N)ncc3n[nH]c(C4CC4)c23)ccc1C(F)(F)S(=O)O. The standard InChI is InChI=1S/C18H14F2N4O2S/c1-9-6-11(4-5-12(9)18(19,20)27(25)26)15-13(7-21)22-8-14-16(15)17(24-23-14)10-2-3-10/h4-6,8,10H,2-3H2,1H3,(H,23,24)(H,25,26). The minimum absolute atomic E-state index is 0.150. The number of nitrogens with one attached hydrogen (secondary N) is 1. The molecule has 1 unspecified atom stereocenters. The molecule has 2 heterocycles. The molecule has 0 amide bonds. The fraction of sp³-hybridized carbons (Fsp3) is 0.278. The van der Waals surface area contributed by atoms with Crippen LogP contribution in [0.5, 0.6) is 0 Å². The molecule has 0 spiro atoms. The summed E-state index contributed by atoms with van der Waals surface area (Å²) in [6.07, 6.45) is 3.56. The molecule has 0 bridgehead atoms. The van der Waals surface area contributed by atoms with E-state index in [1.807, 2.05) is 0 Å². The number of rotatable bonds is 4. The molecular weight excluding hydrogens is 374 g/mol. The Morgan fingerprint density at radius 1 is 1.41 bits per heavy atom. The fourth-order valence-corrected chi connectivity index (χ4v) is 3.73. The number of aromatic nitrogens is 3. The average Bonchev–Trinajstić information content (AvgIpc) is 3.39. The van der Waals surface area contributed by atoms with E-state index in [1.54, 1.807) is 0 Å². The molecule has 2 aromatic heterocycles. The maximum atomic E-state index is 14.0. The molecule has 9 heteroatoms. The summed E-state index contributed by atoms with van der Waals surface area (Å²) in [5.74, 6) is 0.337. The Balaban J connectivity index is 1.95. The first-order chi connectivity index (χ1) is 12.8. The van der Waals surface area contributed by atoms with E-state index in [9.17, 15) is 18.3 Å². The molecule has 0 saturated heterocycles. The van der Waals surface area contributed by atoms with Crippen LogP contribution < -0.4 is 0 Å². The number of alkyl halides is 2. The zero-order valence-corrected chi connectivity index (χ0v) is 15.0. The molecular formula is C18H14F2N4O2S. The number of hydrogen-bond donors (Lipinski definition) is 2. The normalized spacial score (nSPS) is 15.7. The summed E-state index contributed by atoms with van der Waals surface area (Å²) in [6, 6.07) is 6.08. The predicted octanol–water partition coefficient (Wildman–Crippen LogP) is 3.95. The van der Waals surface area contributed by atoms with E-state index in [-0.39, 0.29) is 11.3 Å². The van der Waals surface area contributed by atoms with Crippen molar-refractivity contribution in [2.45, 2.75) is 30.9 Å². The monoisotopic (exact) mass is 388 g/mol. The number of nitriles is 1. The number of pyridine rings is 1. The van der Waals surface area contributed by atoms with Gasteiger partial charge in [-0.15, -0.1) is 0 Å². The third-order valence-electron chi connectivity index (χ3n) is 4.76. The van der Waals surface area contributed by atoms with Crippen molar-refractivity contribution in [2.24, 2.45) is 0 Å². The van der Waals surface area contributed by atoms with Gasteiger partial charge in [-0.2, -0.15) is 19.1 Å². The van der Waals surface area contributed by atoms with Crippen LogP contribution in [0, 0.1) is 18.3 Å². The van der Waals surface area contributed by atoms with Crippen molar-refractivity contribution in [2.75, 3.05) is 0 Å². The average molecular weight is 388 g/mol. The van der Waals surface area contributed by atoms with E-state index in [4.69, 9.17) is 4.55 Å². The summed E-state index contributed by atoms with van der Waals surface area (Å²) in [5.41, 5.74) is 2.40. The van der Waals surface area contributed by atoms with Crippen LogP contribution in [0.1, 0.15) is 41.3 Å². The maximum Gasteiger partial charge on any atom is 0.370 e. The van der Waals surface area contributed by atoms with Crippen LogP contribution >= 0.6 is 0 Å². The second-order valence-corrected chi connectivity index (χ2v) is 7.57. The van der Waals surface area contributed by atoms with Crippen LogP contribution in [0.3, 0.4) is 0 Å². The van der Waals surface area contributed by atoms with E-state index in [0.717, 1.165) is 30.0 Å². The maximum absolute atomic E-state index is 14.0. The van der Waals surface area contributed by atoms with Crippen LogP contribution in [-0.2, 0) is 16.3 Å². The highest BCUT2D eigenvalue weighted by Gasteiger charge is 2.40. The van der Waals surface area contributed by atoms with Gasteiger partial charge in [0.05, 0.1) is 6.20 Å². The Morgan fingerprint density at radius 3 is 2.74 bits per heavy atom. The molecule has 6 nitrogen and oxygen atoms in total. The molecule has 1 atom stereocenters. The van der Waals surface area contributed by atoms with Gasteiger partial charge in [0.1, 0.15) is 17.3 Å². The lowest BCUT2D eigenvalue weighted by Crippen LogP contribution is -2.20. The van der Waals surface area contributed by atoms with Crippen LogP contribution in [0.25, 0.3) is 22.0 Å². The van der Waals surface area contributed by atoms with E-state index >= 15 is 0 Å². The summed E-state index contributed by atoms with van der Waals surface area (Å²) in [7, 11) is 0. The number of aromatic amines is 1. The van der Waals surface area contributed by atoms with Crippen molar-refractivity contribution < 1.29 is 17.5 Å². The number of aryl methyl sites for hydroxylation is 1. The first-order valence-electron chi connectivity index (χ1n) is 8.22. The third kappa shape index (κ3) is 2.81. The molecule has 0 radical (unpaired) electrons. The highest BCUT2D eigenvalue weighted by molar-refractivity contribution is 7.79. The van der Waals surface area contributed by atoms with E-state index in [1.165, 1.54) is 25.3 Å². The van der Waals surface area contributed by atoms with Gasteiger partial charge in [-0.1, -0.05) is 18.2 Å². The van der Waals surface area contributed by atoms with Gasteiger partial charge in [-0.05, 0) is 30.9 Å². The predicted molar refractivity (Wildman–Crippen MR) is 95.4 cm³/mol. The summed E-state index contributed by atoms with van der Waals surface area (Å²) >= 11 is -3.32. The first-order valence-corrected chi connectivity index (χ1v) is 9.32. The molecule has 2 N–H and O–H groups in total. The lowest BCUT2D eigenvalue weighted by molar-refractivity contribution is 0.0879. The molecule has 27 heavy (non-hydrogen) atoms. The van der Waals surface area contributed by atoms with Crippen molar-refractivity contribution in [3.63, 3.8) is 0 Å². The van der Waals surface area contributed by atoms with Gasteiger partial charge in [-0.3, -0.25) is 5.10 Å². The molecule has 138 valence electrons. The second-order valence-electron chi connectivity index (χ2n) is 6.56. The minimum atomic E-state index is -3.88. The summed E-state index contributed by atoms with van der Waals surface area (Å²) in [4.78, 5) is 4.14. The van der Waals surface area contributed by atoms with Gasteiger partial charge in [0.25, 0.3) is 0 Å². The van der Waals surface area contributed by atoms with Gasteiger partial charge < -0.3 is 4.55 Å². The molecule has 1 aromatic carbocycles. The van der Waals surface area contributed by atoms with E-state index < -0.39 is 21.9 Å². The van der Waals surface area contributed by atoms with Crippen LogP contribution in [0.4, 0.5) is 8.78 Å². The van der Waals surface area contributed by atoms with Gasteiger partial charge >= 0.3 is 5.25 Å². The Hall–Kier alpha value is -2.70. The zero-order valence-electron chi connectivity index (χ0n) is 14.2. The Kier molecular flexibility index (Phi) is 4.05. The quantitative estimate of drug-likeness (QED) is 0.659. The van der Waals surface area contributed by atoms with Crippen LogP contribution in [0.2, 0.25) is 0 Å². The van der Waals surface area contributed by atoms with Gasteiger partial charge in [0.15, 0.2) is 0 Å². The summed E-state index contributed by atoms with van der Waals surface area (Å²) < 4.78 is 47.8. The summed E-state index contributed by atoms with van der Waals surface area (Å²) in [5, 5.41) is 13.7.